The molecule has 0 atom stereocenters. The fourth-order valence-electron chi connectivity index (χ4n) is 2.66. The predicted molar refractivity (Wildman–Crippen MR) is 133 cm³/mol. The Bertz CT molecular complexity index is 697. The van der Waals surface area contributed by atoms with Crippen LogP contribution in [0, 0.1) is 0 Å². The van der Waals surface area contributed by atoms with Gasteiger partial charge < -0.3 is 34.5 Å². The number of halogens is 1. The van der Waals surface area contributed by atoms with E-state index in [1.165, 1.54) is 0 Å². The van der Waals surface area contributed by atoms with Crippen LogP contribution in [0.15, 0.2) is 17.1 Å². The minimum atomic E-state index is -0.518. The van der Waals surface area contributed by atoms with Crippen molar-refractivity contribution < 1.29 is 23.7 Å². The number of carbonyl (C=O) groups is 1. The number of nitrogens with one attached hydrogen (secondary N) is 2. The third kappa shape index (κ3) is 9.70. The highest BCUT2D eigenvalue weighted by molar-refractivity contribution is 14.0. The number of carbonyl (C=O) groups excluding carboxylic acids is 1. The molecule has 178 valence electrons. The van der Waals surface area contributed by atoms with Crippen LogP contribution in [0.25, 0.3) is 0 Å². The summed E-state index contributed by atoms with van der Waals surface area (Å²) in [5, 5.41) is 6.44. The van der Waals surface area contributed by atoms with E-state index in [9.17, 15) is 4.79 Å². The second-order valence-electron chi connectivity index (χ2n) is 7.45. The standard InChI is InChI=1S/C21H36N4O5.HI/c1-9-25(20(26)30-21(2,3)4)11-10-23-19(22-5)24-14-15-12-16(27-6)18(29-8)17(13-15)28-7;/h12-13H,9-11,14H2,1-8H3,(H2,22,23,24);1H. The average molecular weight is 552 g/mol. The van der Waals surface area contributed by atoms with Gasteiger partial charge in [0.1, 0.15) is 5.60 Å². The molecule has 0 bridgehead atoms. The molecule has 0 saturated carbocycles. The Morgan fingerprint density at radius 3 is 2.06 bits per heavy atom. The van der Waals surface area contributed by atoms with Gasteiger partial charge in [-0.25, -0.2) is 4.79 Å². The van der Waals surface area contributed by atoms with Crippen LogP contribution in [0.5, 0.6) is 17.2 Å². The maximum Gasteiger partial charge on any atom is 0.410 e. The Hall–Kier alpha value is -2.11. The molecule has 0 unspecified atom stereocenters. The molecule has 0 heterocycles. The Morgan fingerprint density at radius 1 is 1.06 bits per heavy atom. The van der Waals surface area contributed by atoms with Crippen LogP contribution in [0.1, 0.15) is 33.3 Å². The molecule has 31 heavy (non-hydrogen) atoms. The Morgan fingerprint density at radius 2 is 1.65 bits per heavy atom. The fourth-order valence-corrected chi connectivity index (χ4v) is 2.66. The van der Waals surface area contributed by atoms with Crippen LogP contribution in [-0.4, -0.2) is 70.6 Å². The minimum Gasteiger partial charge on any atom is -0.493 e. The molecule has 1 aromatic carbocycles. The second kappa shape index (κ2) is 14.0. The van der Waals surface area contributed by atoms with Gasteiger partial charge in [-0.2, -0.15) is 0 Å². The van der Waals surface area contributed by atoms with E-state index in [1.807, 2.05) is 39.8 Å². The third-order valence-electron chi connectivity index (χ3n) is 4.12. The molecule has 0 aliphatic carbocycles. The molecule has 2 N–H and O–H groups in total. The number of rotatable bonds is 9. The summed E-state index contributed by atoms with van der Waals surface area (Å²) in [6, 6.07) is 3.76. The Balaban J connectivity index is 0.00000900. The second-order valence-corrected chi connectivity index (χ2v) is 7.45. The SMILES string of the molecule is CCN(CCNC(=NC)NCc1cc(OC)c(OC)c(OC)c1)C(=O)OC(C)(C)C.I. The normalized spacial score (nSPS) is 11.2. The highest BCUT2D eigenvalue weighted by Crippen LogP contribution is 2.38. The molecule has 1 aromatic rings. The average Bonchev–Trinajstić information content (AvgIpc) is 2.70. The summed E-state index contributed by atoms with van der Waals surface area (Å²) < 4.78 is 21.5. The summed E-state index contributed by atoms with van der Waals surface area (Å²) in [5.74, 6) is 2.34. The van der Waals surface area contributed by atoms with Gasteiger partial charge in [0, 0.05) is 33.2 Å². The van der Waals surface area contributed by atoms with Gasteiger partial charge in [0.25, 0.3) is 0 Å². The van der Waals surface area contributed by atoms with Gasteiger partial charge in [-0.05, 0) is 45.4 Å². The number of aliphatic imine (C=N–C) groups is 1. The van der Waals surface area contributed by atoms with E-state index in [-0.39, 0.29) is 30.1 Å². The number of ether oxygens (including phenoxy) is 4. The first-order valence-corrected chi connectivity index (χ1v) is 9.90. The maximum atomic E-state index is 12.2. The lowest BCUT2D eigenvalue weighted by molar-refractivity contribution is 0.0264. The summed E-state index contributed by atoms with van der Waals surface area (Å²) in [4.78, 5) is 18.1. The van der Waals surface area contributed by atoms with E-state index in [2.05, 4.69) is 15.6 Å². The largest absolute Gasteiger partial charge is 0.493 e. The van der Waals surface area contributed by atoms with Crippen molar-refractivity contribution in [3.63, 3.8) is 0 Å². The van der Waals surface area contributed by atoms with Crippen LogP contribution in [-0.2, 0) is 11.3 Å². The predicted octanol–water partition coefficient (Wildman–Crippen LogP) is 3.25. The molecule has 0 saturated heterocycles. The maximum absolute atomic E-state index is 12.2. The quantitative estimate of drug-likeness (QED) is 0.276. The molecule has 0 aliphatic rings. The van der Waals surface area contributed by atoms with Gasteiger partial charge in [-0.3, -0.25) is 4.99 Å². The molecule has 9 nitrogen and oxygen atoms in total. The summed E-state index contributed by atoms with van der Waals surface area (Å²) >= 11 is 0. The van der Waals surface area contributed by atoms with Crippen molar-refractivity contribution in [1.82, 2.24) is 15.5 Å². The first kappa shape index (κ1) is 28.9. The van der Waals surface area contributed by atoms with Gasteiger partial charge in [-0.15, -0.1) is 24.0 Å². The third-order valence-corrected chi connectivity index (χ3v) is 4.12. The van der Waals surface area contributed by atoms with Crippen molar-refractivity contribution in [3.8, 4) is 17.2 Å². The van der Waals surface area contributed by atoms with Crippen molar-refractivity contribution >= 4 is 36.0 Å². The van der Waals surface area contributed by atoms with Crippen molar-refractivity contribution in [2.45, 2.75) is 39.8 Å². The highest BCUT2D eigenvalue weighted by atomic mass is 127. The van der Waals surface area contributed by atoms with Crippen molar-refractivity contribution in [1.29, 1.82) is 0 Å². The van der Waals surface area contributed by atoms with Crippen LogP contribution < -0.4 is 24.8 Å². The zero-order chi connectivity index (χ0) is 22.7. The Kier molecular flexibility index (Phi) is 13.1. The summed E-state index contributed by atoms with van der Waals surface area (Å²) in [6.45, 7) is 9.57. The van der Waals surface area contributed by atoms with Gasteiger partial charge in [0.05, 0.1) is 21.3 Å². The summed E-state index contributed by atoms with van der Waals surface area (Å²) in [5.41, 5.74) is 0.423. The van der Waals surface area contributed by atoms with E-state index in [0.717, 1.165) is 5.56 Å². The number of likely N-dealkylation sites (N-methyl/N-ethyl adjacent to an activating group) is 1. The zero-order valence-corrected chi connectivity index (χ0v) is 22.2. The molecule has 0 aromatic heterocycles. The lowest BCUT2D eigenvalue weighted by Crippen LogP contribution is -2.44. The molecule has 0 radical (unpaired) electrons. The van der Waals surface area contributed by atoms with Gasteiger partial charge in [0.15, 0.2) is 17.5 Å². The number of amides is 1. The van der Waals surface area contributed by atoms with Crippen molar-refractivity contribution in [2.24, 2.45) is 4.99 Å². The zero-order valence-electron chi connectivity index (χ0n) is 19.8. The van der Waals surface area contributed by atoms with E-state index >= 15 is 0 Å². The number of hydrogen-bond donors (Lipinski definition) is 2. The fraction of sp³-hybridized carbons (Fsp3) is 0.619. The smallest absolute Gasteiger partial charge is 0.410 e. The summed E-state index contributed by atoms with van der Waals surface area (Å²) in [7, 11) is 6.43. The van der Waals surface area contributed by atoms with Gasteiger partial charge in [-0.1, -0.05) is 0 Å². The molecule has 1 amide bonds. The van der Waals surface area contributed by atoms with Crippen LogP contribution in [0.4, 0.5) is 4.79 Å². The number of methoxy groups -OCH3 is 3. The Labute approximate surface area is 202 Å². The topological polar surface area (TPSA) is 93.7 Å². The van der Waals surface area contributed by atoms with Crippen LogP contribution >= 0.6 is 24.0 Å². The van der Waals surface area contributed by atoms with Gasteiger partial charge in [0.2, 0.25) is 5.75 Å². The lowest BCUT2D eigenvalue weighted by atomic mass is 10.2. The highest BCUT2D eigenvalue weighted by Gasteiger charge is 2.20. The first-order valence-electron chi connectivity index (χ1n) is 9.90. The van der Waals surface area contributed by atoms with Gasteiger partial charge >= 0.3 is 6.09 Å². The van der Waals surface area contributed by atoms with E-state index in [0.29, 0.717) is 49.4 Å². The number of nitrogens with zero attached hydrogens (tertiary/aromatic N) is 2. The van der Waals surface area contributed by atoms with Crippen molar-refractivity contribution in [2.75, 3.05) is 48.0 Å². The molecule has 1 rings (SSSR count). The van der Waals surface area contributed by atoms with E-state index in [1.54, 1.807) is 33.3 Å². The molecule has 0 fully saturated rings. The monoisotopic (exact) mass is 552 g/mol. The first-order chi connectivity index (χ1) is 14.2. The molecule has 10 heteroatoms. The van der Waals surface area contributed by atoms with E-state index < -0.39 is 5.60 Å². The molecule has 0 aliphatic heterocycles. The van der Waals surface area contributed by atoms with Crippen molar-refractivity contribution in [3.05, 3.63) is 17.7 Å². The molecule has 0 spiro atoms. The number of hydrogen-bond acceptors (Lipinski definition) is 6. The number of benzene rings is 1. The minimum absolute atomic E-state index is 0. The van der Waals surface area contributed by atoms with Crippen LogP contribution in [0.3, 0.4) is 0 Å². The van der Waals surface area contributed by atoms with Crippen LogP contribution in [0.2, 0.25) is 0 Å². The lowest BCUT2D eigenvalue weighted by Gasteiger charge is -2.26. The number of guanidine groups is 1. The summed E-state index contributed by atoms with van der Waals surface area (Å²) in [6.07, 6.45) is -0.327. The van der Waals surface area contributed by atoms with E-state index in [4.69, 9.17) is 18.9 Å². The molecular formula is C21H37IN4O5. The molecular weight excluding hydrogens is 515 g/mol.